The van der Waals surface area contributed by atoms with Gasteiger partial charge in [0.1, 0.15) is 17.4 Å². The zero-order chi connectivity index (χ0) is 19.9. The second kappa shape index (κ2) is 8.81. The van der Waals surface area contributed by atoms with Gasteiger partial charge in [-0.05, 0) is 41.8 Å². The standard InChI is InChI=1S/C20H23N5O3/c1-28-17-10-14(4-7-16(17)27)12-23-19-11-18(24-20(21)25-19)22-9-8-13-2-5-15(26)6-3-13/h2-7,10-11,26-27H,8-9,12H2,1H3,(H4,21,22,23,24,25). The van der Waals surface area contributed by atoms with Gasteiger partial charge in [0.05, 0.1) is 7.11 Å². The summed E-state index contributed by atoms with van der Waals surface area (Å²) in [7, 11) is 1.51. The van der Waals surface area contributed by atoms with E-state index in [1.165, 1.54) is 7.11 Å². The Balaban J connectivity index is 1.58. The minimum absolute atomic E-state index is 0.0950. The first-order valence-corrected chi connectivity index (χ1v) is 8.79. The average molecular weight is 381 g/mol. The SMILES string of the molecule is COc1cc(CNc2cc(NCCc3ccc(O)cc3)nc(N)n2)ccc1O. The summed E-state index contributed by atoms with van der Waals surface area (Å²) >= 11 is 0. The van der Waals surface area contributed by atoms with Crippen LogP contribution in [-0.4, -0.2) is 33.8 Å². The van der Waals surface area contributed by atoms with E-state index in [1.54, 1.807) is 36.4 Å². The van der Waals surface area contributed by atoms with Crippen LogP contribution in [0.2, 0.25) is 0 Å². The van der Waals surface area contributed by atoms with Gasteiger partial charge in [-0.3, -0.25) is 0 Å². The van der Waals surface area contributed by atoms with Crippen molar-refractivity contribution in [1.29, 1.82) is 0 Å². The van der Waals surface area contributed by atoms with Crippen molar-refractivity contribution in [3.63, 3.8) is 0 Å². The summed E-state index contributed by atoms with van der Waals surface area (Å²) in [5, 5.41) is 25.4. The van der Waals surface area contributed by atoms with Crippen LogP contribution in [0.5, 0.6) is 17.2 Å². The Hall–Kier alpha value is -3.68. The molecule has 146 valence electrons. The molecule has 0 atom stereocenters. The molecule has 0 bridgehead atoms. The largest absolute Gasteiger partial charge is 0.508 e. The number of rotatable bonds is 8. The molecule has 0 unspecified atom stereocenters. The summed E-state index contributed by atoms with van der Waals surface area (Å²) in [5.74, 6) is 2.14. The number of phenols is 2. The predicted octanol–water partition coefficient (Wildman–Crippen LogP) is 2.75. The summed E-state index contributed by atoms with van der Waals surface area (Å²) in [6, 6.07) is 14.0. The number of methoxy groups -OCH3 is 1. The molecule has 0 aliphatic heterocycles. The topological polar surface area (TPSA) is 126 Å². The van der Waals surface area contributed by atoms with Gasteiger partial charge in [-0.25, -0.2) is 0 Å². The van der Waals surface area contributed by atoms with Crippen LogP contribution in [-0.2, 0) is 13.0 Å². The van der Waals surface area contributed by atoms with Crippen molar-refractivity contribution >= 4 is 17.6 Å². The number of anilines is 3. The zero-order valence-corrected chi connectivity index (χ0v) is 15.5. The summed E-state index contributed by atoms with van der Waals surface area (Å²) < 4.78 is 5.12. The second-order valence-electron chi connectivity index (χ2n) is 6.20. The number of nitrogen functional groups attached to an aromatic ring is 1. The lowest BCUT2D eigenvalue weighted by molar-refractivity contribution is 0.373. The average Bonchev–Trinajstić information content (AvgIpc) is 2.68. The molecule has 3 rings (SSSR count). The molecule has 1 heterocycles. The number of phenolic OH excluding ortho intramolecular Hbond substituents is 2. The highest BCUT2D eigenvalue weighted by molar-refractivity contribution is 5.52. The number of nitrogens with zero attached hydrogens (tertiary/aromatic N) is 2. The summed E-state index contributed by atoms with van der Waals surface area (Å²) in [6.45, 7) is 1.15. The fourth-order valence-electron chi connectivity index (χ4n) is 2.67. The Morgan fingerprint density at radius 2 is 1.61 bits per heavy atom. The van der Waals surface area contributed by atoms with E-state index >= 15 is 0 Å². The van der Waals surface area contributed by atoms with Crippen LogP contribution in [0.3, 0.4) is 0 Å². The molecule has 0 amide bonds. The van der Waals surface area contributed by atoms with Gasteiger partial charge in [0, 0.05) is 19.2 Å². The maximum atomic E-state index is 9.67. The molecule has 8 nitrogen and oxygen atoms in total. The number of hydrogen-bond acceptors (Lipinski definition) is 8. The third-order valence-electron chi connectivity index (χ3n) is 4.12. The molecular formula is C20H23N5O3. The van der Waals surface area contributed by atoms with E-state index in [9.17, 15) is 10.2 Å². The van der Waals surface area contributed by atoms with Crippen LogP contribution < -0.4 is 21.1 Å². The number of hydrogen-bond donors (Lipinski definition) is 5. The second-order valence-corrected chi connectivity index (χ2v) is 6.20. The minimum Gasteiger partial charge on any atom is -0.508 e. The van der Waals surface area contributed by atoms with Crippen molar-refractivity contribution in [3.8, 4) is 17.2 Å². The Morgan fingerprint density at radius 1 is 0.929 bits per heavy atom. The number of benzene rings is 2. The Morgan fingerprint density at radius 3 is 2.32 bits per heavy atom. The van der Waals surface area contributed by atoms with Gasteiger partial charge in [0.2, 0.25) is 5.95 Å². The van der Waals surface area contributed by atoms with Crippen LogP contribution in [0.25, 0.3) is 0 Å². The van der Waals surface area contributed by atoms with E-state index in [1.807, 2.05) is 12.1 Å². The van der Waals surface area contributed by atoms with Crippen molar-refractivity contribution in [2.75, 3.05) is 30.0 Å². The van der Waals surface area contributed by atoms with Crippen LogP contribution in [0.1, 0.15) is 11.1 Å². The minimum atomic E-state index is 0.0950. The molecule has 8 heteroatoms. The molecule has 0 fully saturated rings. The van der Waals surface area contributed by atoms with Gasteiger partial charge in [0.15, 0.2) is 11.5 Å². The van der Waals surface area contributed by atoms with Gasteiger partial charge in [-0.15, -0.1) is 0 Å². The number of nitrogens with one attached hydrogen (secondary N) is 2. The fraction of sp³-hybridized carbons (Fsp3) is 0.200. The lowest BCUT2D eigenvalue weighted by Gasteiger charge is -2.11. The third kappa shape index (κ3) is 5.16. The molecule has 28 heavy (non-hydrogen) atoms. The molecule has 0 spiro atoms. The van der Waals surface area contributed by atoms with Crippen molar-refractivity contribution in [3.05, 3.63) is 59.7 Å². The molecule has 0 saturated carbocycles. The Bertz CT molecular complexity index is 932. The highest BCUT2D eigenvalue weighted by Crippen LogP contribution is 2.26. The van der Waals surface area contributed by atoms with Gasteiger partial charge < -0.3 is 31.3 Å². The zero-order valence-electron chi connectivity index (χ0n) is 15.5. The fourth-order valence-corrected chi connectivity index (χ4v) is 2.67. The Kier molecular flexibility index (Phi) is 6.01. The predicted molar refractivity (Wildman–Crippen MR) is 109 cm³/mol. The van der Waals surface area contributed by atoms with Gasteiger partial charge >= 0.3 is 0 Å². The van der Waals surface area contributed by atoms with Gasteiger partial charge in [-0.1, -0.05) is 18.2 Å². The summed E-state index contributed by atoms with van der Waals surface area (Å²) in [5.41, 5.74) is 7.84. The summed E-state index contributed by atoms with van der Waals surface area (Å²) in [6.07, 6.45) is 0.778. The van der Waals surface area contributed by atoms with E-state index in [0.29, 0.717) is 30.5 Å². The first-order chi connectivity index (χ1) is 13.5. The first kappa shape index (κ1) is 19.1. The van der Waals surface area contributed by atoms with Crippen LogP contribution in [0.15, 0.2) is 48.5 Å². The van der Waals surface area contributed by atoms with Crippen LogP contribution in [0, 0.1) is 0 Å². The molecule has 2 aromatic carbocycles. The number of aromatic nitrogens is 2. The number of ether oxygens (including phenoxy) is 1. The molecular weight excluding hydrogens is 358 g/mol. The molecule has 0 aliphatic rings. The van der Waals surface area contributed by atoms with Crippen molar-refractivity contribution in [2.24, 2.45) is 0 Å². The van der Waals surface area contributed by atoms with Crippen molar-refractivity contribution in [1.82, 2.24) is 9.97 Å². The van der Waals surface area contributed by atoms with E-state index < -0.39 is 0 Å². The highest BCUT2D eigenvalue weighted by Gasteiger charge is 2.05. The van der Waals surface area contributed by atoms with E-state index in [-0.39, 0.29) is 17.4 Å². The third-order valence-corrected chi connectivity index (χ3v) is 4.12. The van der Waals surface area contributed by atoms with Crippen LogP contribution >= 0.6 is 0 Å². The first-order valence-electron chi connectivity index (χ1n) is 8.79. The highest BCUT2D eigenvalue weighted by atomic mass is 16.5. The lowest BCUT2D eigenvalue weighted by Crippen LogP contribution is -2.10. The maximum Gasteiger partial charge on any atom is 0.223 e. The van der Waals surface area contributed by atoms with E-state index in [4.69, 9.17) is 10.5 Å². The molecule has 0 aliphatic carbocycles. The van der Waals surface area contributed by atoms with Gasteiger partial charge in [0.25, 0.3) is 0 Å². The molecule has 6 N–H and O–H groups in total. The Labute approximate surface area is 163 Å². The quantitative estimate of drug-likeness (QED) is 0.403. The number of nitrogens with two attached hydrogens (primary N) is 1. The smallest absolute Gasteiger partial charge is 0.223 e. The van der Waals surface area contributed by atoms with Crippen molar-refractivity contribution < 1.29 is 14.9 Å². The molecule has 1 aromatic heterocycles. The van der Waals surface area contributed by atoms with E-state index in [2.05, 4.69) is 20.6 Å². The maximum absolute atomic E-state index is 9.67. The van der Waals surface area contributed by atoms with E-state index in [0.717, 1.165) is 17.5 Å². The summed E-state index contributed by atoms with van der Waals surface area (Å²) in [4.78, 5) is 8.39. The normalized spacial score (nSPS) is 10.5. The monoisotopic (exact) mass is 381 g/mol. The molecule has 0 saturated heterocycles. The molecule has 3 aromatic rings. The number of aromatic hydroxyl groups is 2. The van der Waals surface area contributed by atoms with Crippen LogP contribution in [0.4, 0.5) is 17.6 Å². The van der Waals surface area contributed by atoms with Crippen molar-refractivity contribution in [2.45, 2.75) is 13.0 Å². The lowest BCUT2D eigenvalue weighted by atomic mass is 10.1. The molecule has 0 radical (unpaired) electrons. The van der Waals surface area contributed by atoms with Gasteiger partial charge in [-0.2, -0.15) is 9.97 Å².